The van der Waals surface area contributed by atoms with Crippen LogP contribution in [0.3, 0.4) is 0 Å². The Labute approximate surface area is 216 Å². The van der Waals surface area contributed by atoms with Gasteiger partial charge >= 0.3 is 0 Å². The van der Waals surface area contributed by atoms with Crippen molar-refractivity contribution in [2.75, 3.05) is 38.7 Å². The maximum atomic E-state index is 9.14. The number of hydrogen-bond acceptors (Lipinski definition) is 8. The highest BCUT2D eigenvalue weighted by Crippen LogP contribution is 2.30. The zero-order chi connectivity index (χ0) is 26.0. The zero-order valence-electron chi connectivity index (χ0n) is 22.6. The monoisotopic (exact) mass is 499 g/mol. The number of aliphatic imine (C=N–C) groups is 1. The summed E-state index contributed by atoms with van der Waals surface area (Å²) in [6, 6.07) is 8.45. The predicted octanol–water partition coefficient (Wildman–Crippen LogP) is 3.66. The van der Waals surface area contributed by atoms with Crippen LogP contribution >= 0.6 is 0 Å². The van der Waals surface area contributed by atoms with Crippen LogP contribution in [0.2, 0.25) is 0 Å². The minimum Gasteiger partial charge on any atom is -0.396 e. The molecule has 2 unspecified atom stereocenters. The lowest BCUT2D eigenvalue weighted by Gasteiger charge is -2.27. The number of hydrazine groups is 1. The molecule has 0 bridgehead atoms. The number of aliphatic hydroxyl groups is 1. The number of rotatable bonds is 13. The van der Waals surface area contributed by atoms with Gasteiger partial charge in [0.1, 0.15) is 0 Å². The van der Waals surface area contributed by atoms with E-state index in [0.717, 1.165) is 56.5 Å². The Hall–Kier alpha value is -2.23. The maximum absolute atomic E-state index is 9.14. The first-order chi connectivity index (χ1) is 17.2. The smallest absolute Gasteiger partial charge is 0.212 e. The molecule has 8 heteroatoms. The van der Waals surface area contributed by atoms with Gasteiger partial charge in [-0.3, -0.25) is 5.43 Å². The van der Waals surface area contributed by atoms with E-state index in [1.54, 1.807) is 7.11 Å². The van der Waals surface area contributed by atoms with Crippen LogP contribution < -0.4 is 21.5 Å². The Morgan fingerprint density at radius 3 is 2.67 bits per heavy atom. The van der Waals surface area contributed by atoms with E-state index in [1.165, 1.54) is 11.1 Å². The van der Waals surface area contributed by atoms with Gasteiger partial charge in [0.2, 0.25) is 5.96 Å². The maximum Gasteiger partial charge on any atom is 0.212 e. The number of nitrogens with zero attached hydrogens (tertiary/aromatic N) is 1. The topological polar surface area (TPSA) is 99.2 Å². The molecule has 1 aliphatic carbocycles. The number of benzene rings is 1. The lowest BCUT2D eigenvalue weighted by molar-refractivity contribution is -0.0844. The first kappa shape index (κ1) is 28.3. The molecule has 0 saturated heterocycles. The first-order valence-electron chi connectivity index (χ1n) is 13.1. The number of nitrogens with one attached hydrogen (secondary N) is 4. The molecule has 0 saturated carbocycles. The second-order valence-electron chi connectivity index (χ2n) is 10.7. The molecule has 8 nitrogen and oxygen atoms in total. The van der Waals surface area contributed by atoms with Crippen LogP contribution in [0, 0.1) is 0 Å². The molecule has 200 valence electrons. The molecule has 1 heterocycles. The SMILES string of the molecule is COCC(CNCCc1ccc(NC2=NC(C)(C3=CCCC(CCCO)=C3)NN2)cc1)OC(C)(C)C. The van der Waals surface area contributed by atoms with Crippen molar-refractivity contribution in [3.63, 3.8) is 0 Å². The molecule has 1 aromatic rings. The molecule has 36 heavy (non-hydrogen) atoms. The van der Waals surface area contributed by atoms with E-state index in [1.807, 2.05) is 0 Å². The summed E-state index contributed by atoms with van der Waals surface area (Å²) in [6.07, 6.45) is 9.27. The van der Waals surface area contributed by atoms with Crippen LogP contribution in [-0.2, 0) is 15.9 Å². The highest BCUT2D eigenvalue weighted by atomic mass is 16.5. The Bertz CT molecular complexity index is 920. The zero-order valence-corrected chi connectivity index (χ0v) is 22.6. The molecule has 0 aromatic heterocycles. The van der Waals surface area contributed by atoms with Crippen molar-refractivity contribution >= 4 is 11.6 Å². The summed E-state index contributed by atoms with van der Waals surface area (Å²) in [7, 11) is 1.71. The number of guanidine groups is 1. The highest BCUT2D eigenvalue weighted by molar-refractivity contribution is 5.95. The van der Waals surface area contributed by atoms with Crippen LogP contribution in [0.15, 0.2) is 52.6 Å². The normalized spacial score (nSPS) is 20.9. The van der Waals surface area contributed by atoms with Crippen LogP contribution in [0.25, 0.3) is 0 Å². The number of aliphatic hydroxyl groups excluding tert-OH is 1. The standard InChI is InChI=1S/C28H45N5O3/c1-27(2,3)36-25(20-35-5)19-29-16-15-21-11-13-24(14-12-21)30-26-31-28(4,33-32-26)23-10-6-8-22(18-23)9-7-17-34/h10-14,18,25,29,33-34H,6-9,15-17,19-20H2,1-5H3,(H2,30,31,32). The van der Waals surface area contributed by atoms with Gasteiger partial charge in [-0.2, -0.15) is 0 Å². The van der Waals surface area contributed by atoms with Gasteiger partial charge in [-0.15, -0.1) is 0 Å². The largest absolute Gasteiger partial charge is 0.396 e. The van der Waals surface area contributed by atoms with Crippen LogP contribution in [0.5, 0.6) is 0 Å². The first-order valence-corrected chi connectivity index (χ1v) is 13.1. The Balaban J connectivity index is 1.48. The van der Waals surface area contributed by atoms with Crippen LogP contribution in [-0.4, -0.2) is 61.8 Å². The molecule has 0 radical (unpaired) electrons. The molecular formula is C28H45N5O3. The van der Waals surface area contributed by atoms with Crippen molar-refractivity contribution in [2.24, 2.45) is 4.99 Å². The van der Waals surface area contributed by atoms with E-state index < -0.39 is 5.66 Å². The van der Waals surface area contributed by atoms with E-state index in [-0.39, 0.29) is 18.3 Å². The van der Waals surface area contributed by atoms with Gasteiger partial charge in [-0.05, 0) is 89.6 Å². The number of allylic oxidation sites excluding steroid dienone is 2. The predicted molar refractivity (Wildman–Crippen MR) is 147 cm³/mol. The van der Waals surface area contributed by atoms with Crippen molar-refractivity contribution in [2.45, 2.75) is 77.2 Å². The number of ether oxygens (including phenoxy) is 2. The number of methoxy groups -OCH3 is 1. The second-order valence-corrected chi connectivity index (χ2v) is 10.7. The third-order valence-electron chi connectivity index (χ3n) is 6.22. The van der Waals surface area contributed by atoms with Crippen molar-refractivity contribution < 1.29 is 14.6 Å². The van der Waals surface area contributed by atoms with E-state index in [0.29, 0.717) is 12.6 Å². The third-order valence-corrected chi connectivity index (χ3v) is 6.22. The van der Waals surface area contributed by atoms with E-state index in [2.05, 4.69) is 85.6 Å². The van der Waals surface area contributed by atoms with Crippen molar-refractivity contribution in [1.29, 1.82) is 0 Å². The highest BCUT2D eigenvalue weighted by Gasteiger charge is 2.33. The van der Waals surface area contributed by atoms with Crippen molar-refractivity contribution in [3.8, 4) is 0 Å². The minimum atomic E-state index is -0.518. The molecule has 1 aromatic carbocycles. The fraction of sp³-hybridized carbons (Fsp3) is 0.607. The average molecular weight is 500 g/mol. The van der Waals surface area contributed by atoms with Gasteiger partial charge in [0.25, 0.3) is 0 Å². The second kappa shape index (κ2) is 13.4. The van der Waals surface area contributed by atoms with Crippen LogP contribution in [0.4, 0.5) is 5.69 Å². The molecule has 0 spiro atoms. The number of hydrogen-bond donors (Lipinski definition) is 5. The molecule has 2 aliphatic rings. The summed E-state index contributed by atoms with van der Waals surface area (Å²) < 4.78 is 11.3. The summed E-state index contributed by atoms with van der Waals surface area (Å²) >= 11 is 0. The third kappa shape index (κ3) is 9.01. The van der Waals surface area contributed by atoms with Gasteiger partial charge in [0, 0.05) is 25.9 Å². The van der Waals surface area contributed by atoms with E-state index in [4.69, 9.17) is 19.6 Å². The quantitative estimate of drug-likeness (QED) is 0.264. The lowest BCUT2D eigenvalue weighted by atomic mass is 9.90. The molecule has 1 aliphatic heterocycles. The van der Waals surface area contributed by atoms with E-state index in [9.17, 15) is 0 Å². The molecule has 2 atom stereocenters. The van der Waals surface area contributed by atoms with Gasteiger partial charge in [-0.1, -0.05) is 29.9 Å². The molecule has 0 amide bonds. The molecule has 0 fully saturated rings. The van der Waals surface area contributed by atoms with Gasteiger partial charge in [0.15, 0.2) is 5.66 Å². The van der Waals surface area contributed by atoms with Gasteiger partial charge in [0.05, 0.1) is 18.3 Å². The molecule has 5 N–H and O–H groups in total. The number of anilines is 1. The van der Waals surface area contributed by atoms with Crippen molar-refractivity contribution in [3.05, 3.63) is 53.1 Å². The summed E-state index contributed by atoms with van der Waals surface area (Å²) in [5.74, 6) is 0.701. The fourth-order valence-corrected chi connectivity index (χ4v) is 4.47. The van der Waals surface area contributed by atoms with E-state index >= 15 is 0 Å². The summed E-state index contributed by atoms with van der Waals surface area (Å²) in [6.45, 7) is 10.7. The average Bonchev–Trinajstić information content (AvgIpc) is 3.22. The minimum absolute atomic E-state index is 0.0348. The summed E-state index contributed by atoms with van der Waals surface area (Å²) in [4.78, 5) is 4.88. The van der Waals surface area contributed by atoms with Gasteiger partial charge in [-0.25, -0.2) is 10.4 Å². The lowest BCUT2D eigenvalue weighted by Crippen LogP contribution is -2.45. The summed E-state index contributed by atoms with van der Waals surface area (Å²) in [5, 5.41) is 16.0. The fourth-order valence-electron chi connectivity index (χ4n) is 4.47. The molecular weight excluding hydrogens is 454 g/mol. The molecule has 3 rings (SSSR count). The van der Waals surface area contributed by atoms with Crippen molar-refractivity contribution in [1.82, 2.24) is 16.2 Å². The summed E-state index contributed by atoms with van der Waals surface area (Å²) in [5.41, 5.74) is 10.6. The Morgan fingerprint density at radius 1 is 1.19 bits per heavy atom. The van der Waals surface area contributed by atoms with Gasteiger partial charge < -0.3 is 25.2 Å². The Morgan fingerprint density at radius 2 is 1.97 bits per heavy atom. The Kier molecular flexibility index (Phi) is 10.5. The van der Waals surface area contributed by atoms with Crippen LogP contribution in [0.1, 0.15) is 58.9 Å².